The summed E-state index contributed by atoms with van der Waals surface area (Å²) in [6.45, 7) is 1.76. The number of anilines is 2. The Kier molecular flexibility index (Phi) is 4.19. The van der Waals surface area contributed by atoms with Gasteiger partial charge < -0.3 is 10.1 Å². The summed E-state index contributed by atoms with van der Waals surface area (Å²) in [5, 5.41) is 2.60. The van der Waals surface area contributed by atoms with Crippen molar-refractivity contribution in [2.75, 3.05) is 16.6 Å². The summed E-state index contributed by atoms with van der Waals surface area (Å²) in [7, 11) is -3.76. The van der Waals surface area contributed by atoms with Crippen LogP contribution in [0.3, 0.4) is 0 Å². The van der Waals surface area contributed by atoms with Gasteiger partial charge in [-0.15, -0.1) is 0 Å². The summed E-state index contributed by atoms with van der Waals surface area (Å²) in [6.07, 6.45) is 0. The Morgan fingerprint density at radius 3 is 2.74 bits per heavy atom. The molecule has 1 heterocycles. The van der Waals surface area contributed by atoms with Crippen molar-refractivity contribution < 1.29 is 17.9 Å². The molecule has 120 valence electrons. The molecule has 0 aliphatic carbocycles. The van der Waals surface area contributed by atoms with Crippen LogP contribution in [-0.4, -0.2) is 20.9 Å². The second-order valence-electron chi connectivity index (χ2n) is 5.06. The number of ether oxygens (including phenoxy) is 1. The number of halogens is 1. The highest BCUT2D eigenvalue weighted by Crippen LogP contribution is 2.31. The third kappa shape index (κ3) is 3.42. The first-order valence-electron chi connectivity index (χ1n) is 6.71. The number of fused-ring (bicyclic) bond motifs is 1. The largest absolute Gasteiger partial charge is 0.482 e. The lowest BCUT2D eigenvalue weighted by Gasteiger charge is -2.19. The van der Waals surface area contributed by atoms with E-state index in [1.807, 2.05) is 19.1 Å². The van der Waals surface area contributed by atoms with Gasteiger partial charge in [-0.05, 0) is 71.5 Å². The summed E-state index contributed by atoms with van der Waals surface area (Å²) in [5.41, 5.74) is 1.70. The van der Waals surface area contributed by atoms with E-state index in [0.29, 0.717) is 17.1 Å². The SMILES string of the molecule is Cc1cc(I)ccc1NS(=O)(=O)c1ccc2c(c1)NC(=O)CO2. The lowest BCUT2D eigenvalue weighted by Crippen LogP contribution is -2.25. The highest BCUT2D eigenvalue weighted by Gasteiger charge is 2.21. The molecule has 2 N–H and O–H groups in total. The predicted molar refractivity (Wildman–Crippen MR) is 95.3 cm³/mol. The molecule has 0 bridgehead atoms. The number of carbonyl (C=O) groups is 1. The quantitative estimate of drug-likeness (QED) is 0.714. The van der Waals surface area contributed by atoms with E-state index < -0.39 is 10.0 Å². The molecule has 0 unspecified atom stereocenters. The second-order valence-corrected chi connectivity index (χ2v) is 7.99. The normalized spacial score (nSPS) is 13.7. The summed E-state index contributed by atoms with van der Waals surface area (Å²) in [4.78, 5) is 11.4. The maximum absolute atomic E-state index is 12.5. The Bertz CT molecular complexity index is 896. The molecule has 0 spiro atoms. The Morgan fingerprint density at radius 1 is 1.22 bits per heavy atom. The van der Waals surface area contributed by atoms with Gasteiger partial charge >= 0.3 is 0 Å². The summed E-state index contributed by atoms with van der Waals surface area (Å²) >= 11 is 2.17. The number of benzene rings is 2. The Morgan fingerprint density at radius 2 is 2.00 bits per heavy atom. The van der Waals surface area contributed by atoms with E-state index in [1.54, 1.807) is 6.07 Å². The van der Waals surface area contributed by atoms with Crippen molar-refractivity contribution in [2.45, 2.75) is 11.8 Å². The Labute approximate surface area is 147 Å². The zero-order chi connectivity index (χ0) is 16.6. The first-order chi connectivity index (χ1) is 10.8. The van der Waals surface area contributed by atoms with Gasteiger partial charge in [0.2, 0.25) is 0 Å². The number of hydrogen-bond acceptors (Lipinski definition) is 4. The number of hydrogen-bond donors (Lipinski definition) is 2. The van der Waals surface area contributed by atoms with E-state index in [4.69, 9.17) is 4.74 Å². The molecule has 2 aromatic carbocycles. The molecule has 6 nitrogen and oxygen atoms in total. The maximum atomic E-state index is 12.5. The summed E-state index contributed by atoms with van der Waals surface area (Å²) in [6, 6.07) is 9.80. The zero-order valence-electron chi connectivity index (χ0n) is 12.1. The van der Waals surface area contributed by atoms with Crippen molar-refractivity contribution >= 4 is 49.9 Å². The average molecular weight is 444 g/mol. The highest BCUT2D eigenvalue weighted by atomic mass is 127. The van der Waals surface area contributed by atoms with Crippen molar-refractivity contribution in [3.63, 3.8) is 0 Å². The molecule has 0 aromatic heterocycles. The van der Waals surface area contributed by atoms with Crippen LogP contribution in [0.25, 0.3) is 0 Å². The van der Waals surface area contributed by atoms with Crippen molar-refractivity contribution in [3.05, 3.63) is 45.5 Å². The molecule has 1 amide bonds. The molecule has 0 fully saturated rings. The van der Waals surface area contributed by atoms with Gasteiger partial charge in [-0.3, -0.25) is 9.52 Å². The van der Waals surface area contributed by atoms with Crippen molar-refractivity contribution in [2.24, 2.45) is 0 Å². The van der Waals surface area contributed by atoms with Crippen LogP contribution in [0.2, 0.25) is 0 Å². The number of nitrogens with one attached hydrogen (secondary N) is 2. The lowest BCUT2D eigenvalue weighted by molar-refractivity contribution is -0.118. The van der Waals surface area contributed by atoms with Crippen LogP contribution in [0.5, 0.6) is 5.75 Å². The fourth-order valence-electron chi connectivity index (χ4n) is 2.17. The number of sulfonamides is 1. The fourth-order valence-corrected chi connectivity index (χ4v) is 3.98. The minimum Gasteiger partial charge on any atom is -0.482 e. The van der Waals surface area contributed by atoms with Gasteiger partial charge in [0, 0.05) is 3.57 Å². The van der Waals surface area contributed by atoms with Gasteiger partial charge in [0.25, 0.3) is 15.9 Å². The van der Waals surface area contributed by atoms with Crippen molar-refractivity contribution in [1.82, 2.24) is 0 Å². The van der Waals surface area contributed by atoms with E-state index in [9.17, 15) is 13.2 Å². The maximum Gasteiger partial charge on any atom is 0.262 e. The zero-order valence-corrected chi connectivity index (χ0v) is 15.1. The lowest BCUT2D eigenvalue weighted by atomic mass is 10.2. The van der Waals surface area contributed by atoms with E-state index in [0.717, 1.165) is 9.13 Å². The summed E-state index contributed by atoms with van der Waals surface area (Å²) in [5.74, 6) is 0.141. The van der Waals surface area contributed by atoms with Gasteiger partial charge in [-0.25, -0.2) is 8.42 Å². The number of carbonyl (C=O) groups excluding carboxylic acids is 1. The van der Waals surface area contributed by atoms with E-state index in [1.165, 1.54) is 18.2 Å². The number of amides is 1. The van der Waals surface area contributed by atoms with Gasteiger partial charge in [0.1, 0.15) is 5.75 Å². The van der Waals surface area contributed by atoms with Crippen molar-refractivity contribution in [3.8, 4) is 5.75 Å². The molecule has 0 saturated heterocycles. The smallest absolute Gasteiger partial charge is 0.262 e. The molecule has 23 heavy (non-hydrogen) atoms. The average Bonchev–Trinajstić information content (AvgIpc) is 2.49. The van der Waals surface area contributed by atoms with Gasteiger partial charge in [-0.2, -0.15) is 0 Å². The van der Waals surface area contributed by atoms with Gasteiger partial charge in [0.05, 0.1) is 16.3 Å². The van der Waals surface area contributed by atoms with E-state index >= 15 is 0 Å². The third-order valence-electron chi connectivity index (χ3n) is 3.33. The minimum absolute atomic E-state index is 0.0556. The van der Waals surface area contributed by atoms with Crippen LogP contribution in [-0.2, 0) is 14.8 Å². The van der Waals surface area contributed by atoms with Crippen LogP contribution >= 0.6 is 22.6 Å². The molecule has 1 aliphatic heterocycles. The molecule has 0 radical (unpaired) electrons. The van der Waals surface area contributed by atoms with Gasteiger partial charge in [0.15, 0.2) is 6.61 Å². The predicted octanol–water partition coefficient (Wildman–Crippen LogP) is 2.73. The van der Waals surface area contributed by atoms with Crippen molar-refractivity contribution in [1.29, 1.82) is 0 Å². The van der Waals surface area contributed by atoms with Crippen LogP contribution in [0, 0.1) is 10.5 Å². The first-order valence-corrected chi connectivity index (χ1v) is 9.27. The fraction of sp³-hybridized carbons (Fsp3) is 0.133. The number of rotatable bonds is 3. The number of aryl methyl sites for hydroxylation is 1. The summed E-state index contributed by atoms with van der Waals surface area (Å²) < 4.78 is 33.9. The van der Waals surface area contributed by atoms with Crippen LogP contribution in [0.1, 0.15) is 5.56 Å². The highest BCUT2D eigenvalue weighted by molar-refractivity contribution is 14.1. The topological polar surface area (TPSA) is 84.5 Å². The van der Waals surface area contributed by atoms with Crippen LogP contribution in [0.4, 0.5) is 11.4 Å². The standard InChI is InChI=1S/C15H13IN2O4S/c1-9-6-10(16)2-4-12(9)18-23(20,21)11-3-5-14-13(7-11)17-15(19)8-22-14/h2-7,18H,8H2,1H3,(H,17,19). The minimum atomic E-state index is -3.76. The van der Waals surface area contributed by atoms with E-state index in [-0.39, 0.29) is 17.4 Å². The molecular formula is C15H13IN2O4S. The molecule has 1 aliphatic rings. The van der Waals surface area contributed by atoms with Crippen LogP contribution < -0.4 is 14.8 Å². The third-order valence-corrected chi connectivity index (χ3v) is 5.36. The molecule has 0 saturated carbocycles. The first kappa shape index (κ1) is 16.1. The molecule has 0 atom stereocenters. The van der Waals surface area contributed by atoms with Gasteiger partial charge in [-0.1, -0.05) is 0 Å². The monoisotopic (exact) mass is 444 g/mol. The molecule has 3 rings (SSSR count). The molecular weight excluding hydrogens is 431 g/mol. The Hall–Kier alpha value is -1.81. The van der Waals surface area contributed by atoms with E-state index in [2.05, 4.69) is 32.6 Å². The Balaban J connectivity index is 1.93. The van der Waals surface area contributed by atoms with Crippen LogP contribution in [0.15, 0.2) is 41.3 Å². The second kappa shape index (κ2) is 6.00. The molecule has 2 aromatic rings. The molecule has 8 heteroatoms.